The van der Waals surface area contributed by atoms with E-state index >= 15 is 0 Å². The van der Waals surface area contributed by atoms with Gasteiger partial charge in [-0.1, -0.05) is 19.9 Å². The normalized spacial score (nSPS) is 24.0. The molecule has 0 saturated carbocycles. The lowest BCUT2D eigenvalue weighted by Gasteiger charge is -2.40. The summed E-state index contributed by atoms with van der Waals surface area (Å²) in [6.07, 6.45) is -4.35. The van der Waals surface area contributed by atoms with Crippen molar-refractivity contribution in [2.75, 3.05) is 31.9 Å². The fourth-order valence-electron chi connectivity index (χ4n) is 4.15. The van der Waals surface area contributed by atoms with Crippen LogP contribution >= 0.6 is 0 Å². The zero-order chi connectivity index (χ0) is 25.9. The average Bonchev–Trinajstić information content (AvgIpc) is 2.95. The van der Waals surface area contributed by atoms with E-state index in [1.807, 2.05) is 0 Å². The first-order valence-corrected chi connectivity index (χ1v) is 13.7. The number of rotatable bonds is 4. The van der Waals surface area contributed by atoms with Crippen LogP contribution in [-0.2, 0) is 24.7 Å². The number of nitrogens with zero attached hydrogens (tertiary/aromatic N) is 2. The zero-order valence-corrected chi connectivity index (χ0v) is 20.3. The fraction of sp³-hybridized carbons (Fsp3) is 0.650. The van der Waals surface area contributed by atoms with E-state index in [-0.39, 0.29) is 36.2 Å². The first kappa shape index (κ1) is 28.5. The number of hydrogen-bond acceptors (Lipinski definition) is 6. The number of carboxylic acid groups (broad SMARTS) is 1. The van der Waals surface area contributed by atoms with E-state index in [9.17, 15) is 34.4 Å². The Morgan fingerprint density at radius 1 is 1.18 bits per heavy atom. The highest BCUT2D eigenvalue weighted by Crippen LogP contribution is 2.30. The van der Waals surface area contributed by atoms with Crippen LogP contribution in [0.15, 0.2) is 29.2 Å². The molecule has 0 spiro atoms. The minimum Gasteiger partial charge on any atom is -0.475 e. The Labute approximate surface area is 196 Å². The molecule has 0 bridgehead atoms. The predicted molar refractivity (Wildman–Crippen MR) is 116 cm³/mol. The van der Waals surface area contributed by atoms with Gasteiger partial charge in [-0.25, -0.2) is 26.0 Å². The van der Waals surface area contributed by atoms with Crippen molar-refractivity contribution in [3.63, 3.8) is 0 Å². The molecule has 1 aromatic rings. The number of carbonyl (C=O) groups is 1. The number of carboxylic acids is 1. The Hall–Kier alpha value is -1.77. The van der Waals surface area contributed by atoms with Gasteiger partial charge in [0.2, 0.25) is 10.0 Å². The molecule has 1 N–H and O–H groups in total. The maximum atomic E-state index is 13.5. The third-order valence-corrected chi connectivity index (χ3v) is 9.75. The SMILES string of the molecule is CC(C)CN1CCS(=O)(=O)[C@@H]2CCN(S(=O)(=O)c3cccc(F)c3)CC[C@@H]21.O=C(O)C(F)(F)F. The van der Waals surface area contributed by atoms with E-state index in [1.165, 1.54) is 22.5 Å². The van der Waals surface area contributed by atoms with Crippen molar-refractivity contribution in [3.8, 4) is 0 Å². The van der Waals surface area contributed by atoms with Gasteiger partial charge in [-0.15, -0.1) is 0 Å². The van der Waals surface area contributed by atoms with Crippen LogP contribution in [0.1, 0.15) is 26.7 Å². The van der Waals surface area contributed by atoms with E-state index in [2.05, 4.69) is 18.7 Å². The average molecular weight is 533 g/mol. The van der Waals surface area contributed by atoms with Crippen molar-refractivity contribution in [1.82, 2.24) is 9.21 Å². The summed E-state index contributed by atoms with van der Waals surface area (Å²) >= 11 is 0. The van der Waals surface area contributed by atoms with Crippen molar-refractivity contribution < 1.29 is 44.3 Å². The van der Waals surface area contributed by atoms with Crippen LogP contribution in [0.5, 0.6) is 0 Å². The smallest absolute Gasteiger partial charge is 0.475 e. The van der Waals surface area contributed by atoms with Crippen LogP contribution in [0.4, 0.5) is 17.6 Å². The van der Waals surface area contributed by atoms with Gasteiger partial charge < -0.3 is 5.11 Å². The molecule has 0 unspecified atom stereocenters. The van der Waals surface area contributed by atoms with Gasteiger partial charge in [0.25, 0.3) is 0 Å². The second-order valence-corrected chi connectivity index (χ2v) is 12.9. The molecule has 3 rings (SSSR count). The van der Waals surface area contributed by atoms with Crippen molar-refractivity contribution in [3.05, 3.63) is 30.1 Å². The molecule has 1 aromatic carbocycles. The van der Waals surface area contributed by atoms with E-state index < -0.39 is 43.1 Å². The van der Waals surface area contributed by atoms with E-state index in [1.54, 1.807) is 0 Å². The number of fused-ring (bicyclic) bond motifs is 1. The van der Waals surface area contributed by atoms with Gasteiger partial charge in [0.15, 0.2) is 9.84 Å². The summed E-state index contributed by atoms with van der Waals surface area (Å²) in [5.41, 5.74) is 0. The Morgan fingerprint density at radius 3 is 2.29 bits per heavy atom. The van der Waals surface area contributed by atoms with Crippen molar-refractivity contribution in [1.29, 1.82) is 0 Å². The standard InChI is InChI=1S/C18H27FN2O4S2.C2HF3O2/c1-14(2)13-20-10-11-26(22,23)18-7-9-21(8-6-17(18)20)27(24,25)16-5-3-4-15(19)12-16;3-2(4,5)1(6)7/h3-5,12,14,17-18H,6-11,13H2,1-2H3;(H,6,7)/t17-,18+;/m0./s1. The number of halogens is 4. The summed E-state index contributed by atoms with van der Waals surface area (Å²) in [7, 11) is -7.09. The third kappa shape index (κ3) is 7.12. The molecule has 0 aliphatic carbocycles. The van der Waals surface area contributed by atoms with Crippen LogP contribution in [-0.4, -0.2) is 86.5 Å². The molecule has 8 nitrogen and oxygen atoms in total. The lowest BCUT2D eigenvalue weighted by molar-refractivity contribution is -0.192. The van der Waals surface area contributed by atoms with Gasteiger partial charge in [0, 0.05) is 32.2 Å². The highest BCUT2D eigenvalue weighted by Gasteiger charge is 2.44. The molecular weight excluding hydrogens is 504 g/mol. The Morgan fingerprint density at radius 2 is 1.76 bits per heavy atom. The van der Waals surface area contributed by atoms with Crippen molar-refractivity contribution in [2.24, 2.45) is 5.92 Å². The summed E-state index contributed by atoms with van der Waals surface area (Å²) in [6.45, 7) is 5.86. The quantitative estimate of drug-likeness (QED) is 0.593. The number of aliphatic carboxylic acids is 1. The van der Waals surface area contributed by atoms with Gasteiger partial charge in [0.05, 0.1) is 15.9 Å². The highest BCUT2D eigenvalue weighted by molar-refractivity contribution is 7.92. The summed E-state index contributed by atoms with van der Waals surface area (Å²) in [5, 5.41) is 6.58. The van der Waals surface area contributed by atoms with Gasteiger partial charge in [-0.05, 0) is 37.0 Å². The van der Waals surface area contributed by atoms with Crippen molar-refractivity contribution in [2.45, 2.75) is 49.1 Å². The van der Waals surface area contributed by atoms with Gasteiger partial charge >= 0.3 is 12.1 Å². The first-order chi connectivity index (χ1) is 15.6. The molecular formula is C20H28F4N2O6S2. The summed E-state index contributed by atoms with van der Waals surface area (Å²) in [5.74, 6) is -2.84. The number of sulfone groups is 1. The van der Waals surface area contributed by atoms with Crippen LogP contribution in [0.2, 0.25) is 0 Å². The molecule has 2 atom stereocenters. The largest absolute Gasteiger partial charge is 0.490 e. The Bertz CT molecular complexity index is 1080. The van der Waals surface area contributed by atoms with E-state index in [0.29, 0.717) is 18.9 Å². The predicted octanol–water partition coefficient (Wildman–Crippen LogP) is 2.37. The van der Waals surface area contributed by atoms with Crippen LogP contribution in [0, 0.1) is 11.7 Å². The molecule has 194 valence electrons. The van der Waals surface area contributed by atoms with Gasteiger partial charge in [0.1, 0.15) is 5.82 Å². The van der Waals surface area contributed by atoms with Gasteiger partial charge in [-0.3, -0.25) is 4.90 Å². The maximum absolute atomic E-state index is 13.5. The molecule has 0 amide bonds. The van der Waals surface area contributed by atoms with E-state index in [4.69, 9.17) is 9.90 Å². The number of alkyl halides is 3. The molecule has 2 aliphatic rings. The summed E-state index contributed by atoms with van der Waals surface area (Å²) in [6, 6.07) is 4.78. The van der Waals surface area contributed by atoms with Crippen LogP contribution in [0.3, 0.4) is 0 Å². The van der Waals surface area contributed by atoms with E-state index in [0.717, 1.165) is 12.6 Å². The van der Waals surface area contributed by atoms with Crippen LogP contribution < -0.4 is 0 Å². The lowest BCUT2D eigenvalue weighted by atomic mass is 10.0. The second-order valence-electron chi connectivity index (χ2n) is 8.60. The molecule has 2 fully saturated rings. The summed E-state index contributed by atoms with van der Waals surface area (Å²) in [4.78, 5) is 11.0. The number of benzene rings is 1. The summed E-state index contributed by atoms with van der Waals surface area (Å²) < 4.78 is 97.6. The Balaban J connectivity index is 0.000000509. The first-order valence-electron chi connectivity index (χ1n) is 10.6. The molecule has 0 radical (unpaired) electrons. The fourth-order valence-corrected chi connectivity index (χ4v) is 7.69. The monoisotopic (exact) mass is 532 g/mol. The maximum Gasteiger partial charge on any atom is 0.490 e. The zero-order valence-electron chi connectivity index (χ0n) is 18.7. The Kier molecular flexibility index (Phi) is 9.10. The number of hydrogen-bond donors (Lipinski definition) is 1. The molecule has 14 heteroatoms. The number of sulfonamides is 1. The topological polar surface area (TPSA) is 112 Å². The lowest BCUT2D eigenvalue weighted by Crippen LogP contribution is -2.55. The third-order valence-electron chi connectivity index (χ3n) is 5.64. The molecule has 2 saturated heterocycles. The minimum atomic E-state index is -5.08. The highest BCUT2D eigenvalue weighted by atomic mass is 32.2. The van der Waals surface area contributed by atoms with Crippen LogP contribution in [0.25, 0.3) is 0 Å². The molecule has 2 heterocycles. The van der Waals surface area contributed by atoms with Gasteiger partial charge in [-0.2, -0.15) is 17.5 Å². The molecule has 0 aromatic heterocycles. The minimum absolute atomic E-state index is 0.0886. The molecule has 34 heavy (non-hydrogen) atoms. The molecule has 2 aliphatic heterocycles. The second kappa shape index (κ2) is 10.9. The van der Waals surface area contributed by atoms with Crippen molar-refractivity contribution >= 4 is 25.8 Å².